The summed E-state index contributed by atoms with van der Waals surface area (Å²) in [5.41, 5.74) is 0.945. The molecule has 0 radical (unpaired) electrons. The van der Waals surface area contributed by atoms with Crippen LogP contribution in [0.25, 0.3) is 16.5 Å². The molecule has 1 N–H and O–H groups in total. The van der Waals surface area contributed by atoms with Gasteiger partial charge in [-0.25, -0.2) is 9.18 Å². The van der Waals surface area contributed by atoms with Gasteiger partial charge in [-0.2, -0.15) is 9.78 Å². The first-order valence-corrected chi connectivity index (χ1v) is 12.2. The van der Waals surface area contributed by atoms with E-state index in [4.69, 9.17) is 4.74 Å². The van der Waals surface area contributed by atoms with E-state index in [0.29, 0.717) is 16.1 Å². The highest BCUT2D eigenvalue weighted by atomic mass is 32.2. The van der Waals surface area contributed by atoms with Gasteiger partial charge in [0.1, 0.15) is 10.8 Å². The molecule has 0 saturated carbocycles. The van der Waals surface area contributed by atoms with Crippen LogP contribution in [0, 0.1) is 12.7 Å². The molecule has 0 atom stereocenters. The number of carbonyl (C=O) groups excluding carboxylic acids is 2. The van der Waals surface area contributed by atoms with Crippen molar-refractivity contribution in [2.45, 2.75) is 18.7 Å². The highest BCUT2D eigenvalue weighted by Crippen LogP contribution is 2.31. The maximum atomic E-state index is 13.4. The van der Waals surface area contributed by atoms with Crippen molar-refractivity contribution in [2.75, 3.05) is 17.7 Å². The van der Waals surface area contributed by atoms with Crippen LogP contribution in [0.2, 0.25) is 0 Å². The van der Waals surface area contributed by atoms with E-state index in [0.717, 1.165) is 26.5 Å². The summed E-state index contributed by atoms with van der Waals surface area (Å²) in [6.07, 6.45) is 0. The van der Waals surface area contributed by atoms with Crippen molar-refractivity contribution in [1.29, 1.82) is 0 Å². The Labute approximate surface area is 202 Å². The summed E-state index contributed by atoms with van der Waals surface area (Å²) >= 11 is 2.37. The molecule has 34 heavy (non-hydrogen) atoms. The fourth-order valence-corrected chi connectivity index (χ4v) is 4.92. The SMILES string of the molecule is CCOC(=O)c1nn(-c2cccc(C)c2)c(=O)c2c(NC(=O)CSc3ccc(F)cc3)scc12. The van der Waals surface area contributed by atoms with Crippen molar-refractivity contribution in [3.8, 4) is 5.69 Å². The van der Waals surface area contributed by atoms with Crippen LogP contribution in [0.4, 0.5) is 9.39 Å². The highest BCUT2D eigenvalue weighted by molar-refractivity contribution is 8.00. The van der Waals surface area contributed by atoms with Gasteiger partial charge in [0, 0.05) is 15.7 Å². The number of anilines is 1. The van der Waals surface area contributed by atoms with Crippen molar-refractivity contribution >= 4 is 50.7 Å². The van der Waals surface area contributed by atoms with Gasteiger partial charge < -0.3 is 10.1 Å². The Balaban J connectivity index is 1.71. The van der Waals surface area contributed by atoms with Gasteiger partial charge in [0.2, 0.25) is 5.91 Å². The number of nitrogens with one attached hydrogen (secondary N) is 1. The molecule has 0 aliphatic heterocycles. The molecule has 1 amide bonds. The van der Waals surface area contributed by atoms with Gasteiger partial charge in [0.05, 0.1) is 23.4 Å². The monoisotopic (exact) mass is 497 g/mol. The average Bonchev–Trinajstić information content (AvgIpc) is 3.23. The molecule has 2 aromatic heterocycles. The van der Waals surface area contributed by atoms with Crippen LogP contribution in [-0.2, 0) is 9.53 Å². The maximum Gasteiger partial charge on any atom is 0.359 e. The molecule has 0 unspecified atom stereocenters. The summed E-state index contributed by atoms with van der Waals surface area (Å²) in [5.74, 6) is -1.28. The zero-order chi connectivity index (χ0) is 24.2. The number of hydrogen-bond acceptors (Lipinski definition) is 7. The lowest BCUT2D eigenvalue weighted by molar-refractivity contribution is -0.113. The number of ether oxygens (including phenoxy) is 1. The number of fused-ring (bicyclic) bond motifs is 1. The second-order valence-electron chi connectivity index (χ2n) is 7.27. The largest absolute Gasteiger partial charge is 0.461 e. The number of thiophene rings is 1. The number of amides is 1. The van der Waals surface area contributed by atoms with Crippen molar-refractivity contribution in [2.24, 2.45) is 0 Å². The number of aromatic nitrogens is 2. The predicted molar refractivity (Wildman–Crippen MR) is 132 cm³/mol. The molecular formula is C24H20FN3O4S2. The van der Waals surface area contributed by atoms with Gasteiger partial charge in [0.25, 0.3) is 5.56 Å². The Morgan fingerprint density at radius 2 is 1.97 bits per heavy atom. The van der Waals surface area contributed by atoms with E-state index < -0.39 is 11.5 Å². The van der Waals surface area contributed by atoms with Gasteiger partial charge in [-0.05, 0) is 55.8 Å². The molecule has 0 fully saturated rings. The molecule has 4 aromatic rings. The minimum atomic E-state index is -0.656. The number of hydrogen-bond donors (Lipinski definition) is 1. The molecule has 2 aromatic carbocycles. The standard InChI is InChI=1S/C24H20FN3O4S2/c1-3-32-24(31)21-18-12-34-22(26-19(29)13-33-17-9-7-15(25)8-10-17)20(18)23(30)28(27-21)16-6-4-5-14(2)11-16/h4-12H,3,13H2,1-2H3,(H,26,29). The number of rotatable bonds is 7. The molecule has 7 nitrogen and oxygen atoms in total. The van der Waals surface area contributed by atoms with Crippen molar-refractivity contribution in [3.63, 3.8) is 0 Å². The van der Waals surface area contributed by atoms with E-state index in [9.17, 15) is 18.8 Å². The van der Waals surface area contributed by atoms with Gasteiger partial charge in [0.15, 0.2) is 5.69 Å². The third-order valence-electron chi connectivity index (χ3n) is 4.80. The number of aryl methyl sites for hydroxylation is 1. The second-order valence-corrected chi connectivity index (χ2v) is 9.20. The Morgan fingerprint density at radius 3 is 2.68 bits per heavy atom. The van der Waals surface area contributed by atoms with E-state index in [1.54, 1.807) is 42.6 Å². The predicted octanol–water partition coefficient (Wildman–Crippen LogP) is 4.80. The molecule has 4 rings (SSSR count). The molecular weight excluding hydrogens is 477 g/mol. The van der Waals surface area contributed by atoms with E-state index >= 15 is 0 Å². The highest BCUT2D eigenvalue weighted by Gasteiger charge is 2.23. The second kappa shape index (κ2) is 10.2. The van der Waals surface area contributed by atoms with Crippen molar-refractivity contribution in [1.82, 2.24) is 9.78 Å². The van der Waals surface area contributed by atoms with Gasteiger partial charge in [-0.1, -0.05) is 12.1 Å². The maximum absolute atomic E-state index is 13.4. The van der Waals surface area contributed by atoms with Crippen LogP contribution in [-0.4, -0.2) is 34.0 Å². The number of carbonyl (C=O) groups is 2. The molecule has 0 saturated heterocycles. The summed E-state index contributed by atoms with van der Waals surface area (Å²) in [7, 11) is 0. The van der Waals surface area contributed by atoms with Crippen LogP contribution in [0.5, 0.6) is 0 Å². The van der Waals surface area contributed by atoms with Crippen LogP contribution in [0.1, 0.15) is 23.0 Å². The van der Waals surface area contributed by atoms with Gasteiger partial charge in [-0.15, -0.1) is 23.1 Å². The number of halogens is 1. The zero-order valence-electron chi connectivity index (χ0n) is 18.3. The fourth-order valence-electron chi connectivity index (χ4n) is 3.27. The van der Waals surface area contributed by atoms with Crippen LogP contribution >= 0.6 is 23.1 Å². The Kier molecular flexibility index (Phi) is 7.09. The third-order valence-corrected chi connectivity index (χ3v) is 6.71. The number of nitrogens with zero attached hydrogens (tertiary/aromatic N) is 2. The molecule has 0 bridgehead atoms. The van der Waals surface area contributed by atoms with Crippen LogP contribution in [0.3, 0.4) is 0 Å². The first-order chi connectivity index (χ1) is 16.4. The summed E-state index contributed by atoms with van der Waals surface area (Å²) in [5, 5.41) is 9.49. The zero-order valence-corrected chi connectivity index (χ0v) is 20.0. The van der Waals surface area contributed by atoms with E-state index in [-0.39, 0.29) is 35.2 Å². The summed E-state index contributed by atoms with van der Waals surface area (Å²) in [4.78, 5) is 39.4. The average molecular weight is 498 g/mol. The Hall–Kier alpha value is -3.50. The molecule has 2 heterocycles. The first-order valence-electron chi connectivity index (χ1n) is 10.3. The first kappa shape index (κ1) is 23.7. The van der Waals surface area contributed by atoms with Crippen LogP contribution in [0.15, 0.2) is 63.6 Å². The summed E-state index contributed by atoms with van der Waals surface area (Å²) < 4.78 is 19.4. The van der Waals surface area contributed by atoms with Gasteiger partial charge >= 0.3 is 5.97 Å². The molecule has 10 heteroatoms. The minimum absolute atomic E-state index is 0.00427. The summed E-state index contributed by atoms with van der Waals surface area (Å²) in [6, 6.07) is 13.0. The van der Waals surface area contributed by atoms with E-state index in [2.05, 4.69) is 10.4 Å². The smallest absolute Gasteiger partial charge is 0.359 e. The summed E-state index contributed by atoms with van der Waals surface area (Å²) in [6.45, 7) is 3.72. The molecule has 0 aliphatic rings. The lowest BCUT2D eigenvalue weighted by atomic mass is 10.2. The Bertz CT molecular complexity index is 1430. The topological polar surface area (TPSA) is 90.3 Å². The quantitative estimate of drug-likeness (QED) is 0.291. The lowest BCUT2D eigenvalue weighted by Crippen LogP contribution is -2.25. The third kappa shape index (κ3) is 5.02. The molecule has 174 valence electrons. The number of esters is 1. The molecule has 0 aliphatic carbocycles. The van der Waals surface area contributed by atoms with Crippen LogP contribution < -0.4 is 10.9 Å². The normalized spacial score (nSPS) is 10.9. The van der Waals surface area contributed by atoms with E-state index in [1.807, 2.05) is 13.0 Å². The number of benzene rings is 2. The molecule has 0 spiro atoms. The van der Waals surface area contributed by atoms with E-state index in [1.165, 1.54) is 23.9 Å². The van der Waals surface area contributed by atoms with Gasteiger partial charge in [-0.3, -0.25) is 9.59 Å². The van der Waals surface area contributed by atoms with Crippen molar-refractivity contribution in [3.05, 3.63) is 81.3 Å². The fraction of sp³-hybridized carbons (Fsp3) is 0.167. The van der Waals surface area contributed by atoms with Crippen molar-refractivity contribution < 1.29 is 18.7 Å². The number of thioether (sulfide) groups is 1. The minimum Gasteiger partial charge on any atom is -0.461 e. The Morgan fingerprint density at radius 1 is 1.21 bits per heavy atom. The lowest BCUT2D eigenvalue weighted by Gasteiger charge is -2.10.